The molecule has 1 heterocycles. The minimum atomic E-state index is 0.490. The summed E-state index contributed by atoms with van der Waals surface area (Å²) in [5.74, 6) is 0. The summed E-state index contributed by atoms with van der Waals surface area (Å²) in [7, 11) is 1.83. The maximum Gasteiger partial charge on any atom is 0.0572 e. The maximum atomic E-state index is 5.39. The SMILES string of the molecule is COC1CCC(NC(C)c2cccs2)CC1. The standard InChI is InChI=1S/C13H21NOS/c1-10(13-4-3-9-16-13)14-11-5-7-12(15-2)8-6-11/h3-4,9-12,14H,5-8H2,1-2H3. The minimum Gasteiger partial charge on any atom is -0.381 e. The molecule has 16 heavy (non-hydrogen) atoms. The summed E-state index contributed by atoms with van der Waals surface area (Å²) >= 11 is 1.84. The van der Waals surface area contributed by atoms with Gasteiger partial charge in [-0.1, -0.05) is 6.07 Å². The van der Waals surface area contributed by atoms with Crippen LogP contribution in [0.4, 0.5) is 0 Å². The molecule has 1 saturated carbocycles. The summed E-state index contributed by atoms with van der Waals surface area (Å²) in [5, 5.41) is 5.87. The van der Waals surface area contributed by atoms with Crippen molar-refractivity contribution in [1.29, 1.82) is 0 Å². The van der Waals surface area contributed by atoms with Crippen molar-refractivity contribution >= 4 is 11.3 Å². The number of thiophene rings is 1. The monoisotopic (exact) mass is 239 g/mol. The lowest BCUT2D eigenvalue weighted by Crippen LogP contribution is -2.36. The van der Waals surface area contributed by atoms with E-state index in [1.54, 1.807) is 0 Å². The second-order valence-electron chi connectivity index (χ2n) is 4.61. The van der Waals surface area contributed by atoms with Gasteiger partial charge in [0.2, 0.25) is 0 Å². The Kier molecular flexibility index (Phi) is 4.38. The second kappa shape index (κ2) is 5.80. The van der Waals surface area contributed by atoms with Gasteiger partial charge in [-0.15, -0.1) is 11.3 Å². The molecule has 3 heteroatoms. The third-order valence-electron chi connectivity index (χ3n) is 3.46. The van der Waals surface area contributed by atoms with Crippen LogP contribution in [-0.4, -0.2) is 19.3 Å². The molecule has 1 aliphatic rings. The van der Waals surface area contributed by atoms with Crippen LogP contribution in [0.15, 0.2) is 17.5 Å². The van der Waals surface area contributed by atoms with Crippen molar-refractivity contribution < 1.29 is 4.74 Å². The van der Waals surface area contributed by atoms with Crippen LogP contribution in [0.25, 0.3) is 0 Å². The van der Waals surface area contributed by atoms with E-state index in [0.717, 1.165) is 0 Å². The van der Waals surface area contributed by atoms with Gasteiger partial charge in [0.15, 0.2) is 0 Å². The Hall–Kier alpha value is -0.380. The van der Waals surface area contributed by atoms with Crippen molar-refractivity contribution in [1.82, 2.24) is 5.32 Å². The molecule has 1 unspecified atom stereocenters. The Morgan fingerprint density at radius 2 is 2.12 bits per heavy atom. The highest BCUT2D eigenvalue weighted by Crippen LogP contribution is 2.24. The van der Waals surface area contributed by atoms with E-state index < -0.39 is 0 Å². The molecule has 90 valence electrons. The number of hydrogen-bond donors (Lipinski definition) is 1. The second-order valence-corrected chi connectivity index (χ2v) is 5.59. The van der Waals surface area contributed by atoms with E-state index in [1.807, 2.05) is 18.4 Å². The predicted molar refractivity (Wildman–Crippen MR) is 68.9 cm³/mol. The lowest BCUT2D eigenvalue weighted by Gasteiger charge is -2.30. The van der Waals surface area contributed by atoms with Crippen LogP contribution in [0.2, 0.25) is 0 Å². The summed E-state index contributed by atoms with van der Waals surface area (Å²) < 4.78 is 5.39. The van der Waals surface area contributed by atoms with Gasteiger partial charge in [-0.3, -0.25) is 0 Å². The van der Waals surface area contributed by atoms with Gasteiger partial charge < -0.3 is 10.1 Å². The zero-order valence-corrected chi connectivity index (χ0v) is 10.9. The Labute approximate surface area is 102 Å². The molecule has 1 N–H and O–H groups in total. The van der Waals surface area contributed by atoms with Gasteiger partial charge in [0.25, 0.3) is 0 Å². The van der Waals surface area contributed by atoms with E-state index in [-0.39, 0.29) is 0 Å². The van der Waals surface area contributed by atoms with Crippen molar-refractivity contribution in [3.63, 3.8) is 0 Å². The molecule has 0 radical (unpaired) electrons. The first-order valence-electron chi connectivity index (χ1n) is 6.12. The number of hydrogen-bond acceptors (Lipinski definition) is 3. The molecule has 0 aromatic carbocycles. The number of nitrogens with one attached hydrogen (secondary N) is 1. The molecule has 2 nitrogen and oxygen atoms in total. The molecule has 0 bridgehead atoms. The molecule has 2 rings (SSSR count). The zero-order valence-electron chi connectivity index (χ0n) is 10.1. The molecule has 0 amide bonds. The van der Waals surface area contributed by atoms with Crippen molar-refractivity contribution in [2.24, 2.45) is 0 Å². The Morgan fingerprint density at radius 1 is 1.38 bits per heavy atom. The van der Waals surface area contributed by atoms with Crippen LogP contribution in [0, 0.1) is 0 Å². The average Bonchev–Trinajstić information content (AvgIpc) is 2.83. The molecule has 0 saturated heterocycles. The van der Waals surface area contributed by atoms with Crippen molar-refractivity contribution in [3.8, 4) is 0 Å². The summed E-state index contributed by atoms with van der Waals surface area (Å²) in [5.41, 5.74) is 0. The zero-order chi connectivity index (χ0) is 11.4. The summed E-state index contributed by atoms with van der Waals surface area (Å²) in [6, 6.07) is 5.50. The van der Waals surface area contributed by atoms with Crippen LogP contribution in [0.5, 0.6) is 0 Å². The fraction of sp³-hybridized carbons (Fsp3) is 0.692. The largest absolute Gasteiger partial charge is 0.381 e. The topological polar surface area (TPSA) is 21.3 Å². The van der Waals surface area contributed by atoms with Crippen LogP contribution in [0.3, 0.4) is 0 Å². The predicted octanol–water partition coefficient (Wildman–Crippen LogP) is 3.36. The van der Waals surface area contributed by atoms with Crippen molar-refractivity contribution in [2.75, 3.05) is 7.11 Å². The Balaban J connectivity index is 1.78. The fourth-order valence-corrected chi connectivity index (χ4v) is 3.18. The molecule has 1 fully saturated rings. The van der Waals surface area contributed by atoms with E-state index in [2.05, 4.69) is 29.8 Å². The molecule has 1 aromatic heterocycles. The van der Waals surface area contributed by atoms with E-state index in [1.165, 1.54) is 30.6 Å². The van der Waals surface area contributed by atoms with E-state index in [9.17, 15) is 0 Å². The maximum absolute atomic E-state index is 5.39. The van der Waals surface area contributed by atoms with Gasteiger partial charge >= 0.3 is 0 Å². The van der Waals surface area contributed by atoms with Gasteiger partial charge in [0.05, 0.1) is 6.10 Å². The highest BCUT2D eigenvalue weighted by atomic mass is 32.1. The van der Waals surface area contributed by atoms with Gasteiger partial charge in [0, 0.05) is 24.1 Å². The van der Waals surface area contributed by atoms with Gasteiger partial charge in [-0.05, 0) is 44.1 Å². The molecule has 0 spiro atoms. The fourth-order valence-electron chi connectivity index (χ4n) is 2.44. The van der Waals surface area contributed by atoms with Crippen LogP contribution in [0.1, 0.15) is 43.5 Å². The summed E-state index contributed by atoms with van der Waals surface area (Å²) in [6.45, 7) is 2.26. The van der Waals surface area contributed by atoms with Crippen LogP contribution >= 0.6 is 11.3 Å². The van der Waals surface area contributed by atoms with Gasteiger partial charge in [-0.25, -0.2) is 0 Å². The smallest absolute Gasteiger partial charge is 0.0572 e. The van der Waals surface area contributed by atoms with Gasteiger partial charge in [-0.2, -0.15) is 0 Å². The first kappa shape index (κ1) is 12.1. The Bertz CT molecular complexity index is 291. The van der Waals surface area contributed by atoms with Gasteiger partial charge in [0.1, 0.15) is 0 Å². The quantitative estimate of drug-likeness (QED) is 0.870. The highest BCUT2D eigenvalue weighted by Gasteiger charge is 2.22. The van der Waals surface area contributed by atoms with E-state index in [0.29, 0.717) is 18.2 Å². The van der Waals surface area contributed by atoms with Crippen molar-refractivity contribution in [2.45, 2.75) is 50.8 Å². The van der Waals surface area contributed by atoms with Crippen LogP contribution < -0.4 is 5.32 Å². The molecule has 1 aliphatic carbocycles. The first-order valence-corrected chi connectivity index (χ1v) is 7.00. The normalized spacial score (nSPS) is 27.9. The lowest BCUT2D eigenvalue weighted by atomic mass is 9.92. The number of rotatable bonds is 4. The number of ether oxygens (including phenoxy) is 1. The average molecular weight is 239 g/mol. The first-order chi connectivity index (χ1) is 7.79. The minimum absolute atomic E-state index is 0.490. The Morgan fingerprint density at radius 3 is 2.69 bits per heavy atom. The molecule has 1 aromatic rings. The van der Waals surface area contributed by atoms with Crippen LogP contribution in [-0.2, 0) is 4.74 Å². The number of methoxy groups -OCH3 is 1. The highest BCUT2D eigenvalue weighted by molar-refractivity contribution is 7.10. The molecular weight excluding hydrogens is 218 g/mol. The molecule has 1 atom stereocenters. The molecule has 0 aliphatic heterocycles. The lowest BCUT2D eigenvalue weighted by molar-refractivity contribution is 0.0614. The molecular formula is C13H21NOS. The third-order valence-corrected chi connectivity index (χ3v) is 4.52. The summed E-state index contributed by atoms with van der Waals surface area (Å²) in [6.07, 6.45) is 5.38. The van der Waals surface area contributed by atoms with E-state index in [4.69, 9.17) is 4.74 Å². The van der Waals surface area contributed by atoms with E-state index >= 15 is 0 Å². The third kappa shape index (κ3) is 3.06. The summed E-state index contributed by atoms with van der Waals surface area (Å²) in [4.78, 5) is 1.44. The van der Waals surface area contributed by atoms with Crippen molar-refractivity contribution in [3.05, 3.63) is 22.4 Å².